The molecule has 0 aromatic rings. The summed E-state index contributed by atoms with van der Waals surface area (Å²) in [5.41, 5.74) is -2.22. The molecule has 0 heterocycles. The summed E-state index contributed by atoms with van der Waals surface area (Å²) in [6, 6.07) is 0. The third kappa shape index (κ3) is 3.87. The number of rotatable bonds is 4. The Morgan fingerprint density at radius 3 is 2.38 bits per heavy atom. The lowest BCUT2D eigenvalue weighted by molar-refractivity contribution is -0.271. The smallest absolute Gasteiger partial charge is 0.390 e. The Morgan fingerprint density at radius 2 is 1.75 bits per heavy atom. The van der Waals surface area contributed by atoms with Gasteiger partial charge in [-0.15, -0.1) is 0 Å². The number of fused-ring (bicyclic) bond motifs is 5. The molecule has 0 unspecified atom stereocenters. The Morgan fingerprint density at radius 1 is 1.06 bits per heavy atom. The van der Waals surface area contributed by atoms with Crippen LogP contribution in [0.25, 0.3) is 0 Å². The van der Waals surface area contributed by atoms with Gasteiger partial charge in [-0.2, -0.15) is 13.2 Å². The maximum Gasteiger partial charge on any atom is 0.417 e. The normalized spacial score (nSPS) is 45.5. The molecule has 0 radical (unpaired) electrons. The van der Waals surface area contributed by atoms with Crippen molar-refractivity contribution in [1.82, 2.24) is 0 Å². The molecule has 0 bridgehead atoms. The molecule has 0 aromatic heterocycles. The van der Waals surface area contributed by atoms with Crippen LogP contribution < -0.4 is 0 Å². The van der Waals surface area contributed by atoms with Gasteiger partial charge in [0.25, 0.3) is 0 Å². The maximum absolute atomic E-state index is 13.5. The van der Waals surface area contributed by atoms with Gasteiger partial charge in [-0.1, -0.05) is 32.4 Å². The first-order valence-electron chi connectivity index (χ1n) is 12.8. The Labute approximate surface area is 192 Å². The topological polar surface area (TPSA) is 40.5 Å². The lowest BCUT2D eigenvalue weighted by Gasteiger charge is -2.59. The van der Waals surface area contributed by atoms with Crippen LogP contribution in [-0.2, 0) is 0 Å². The second-order valence-electron chi connectivity index (χ2n) is 13.0. The number of hydrogen-bond donors (Lipinski definition) is 2. The van der Waals surface area contributed by atoms with Crippen molar-refractivity contribution in [2.75, 3.05) is 0 Å². The minimum atomic E-state index is -4.56. The van der Waals surface area contributed by atoms with Crippen molar-refractivity contribution >= 4 is 0 Å². The summed E-state index contributed by atoms with van der Waals surface area (Å²) in [6.45, 7) is 10.8. The van der Waals surface area contributed by atoms with E-state index in [2.05, 4.69) is 26.8 Å². The van der Waals surface area contributed by atoms with E-state index in [9.17, 15) is 23.4 Å². The molecule has 32 heavy (non-hydrogen) atoms. The fraction of sp³-hybridized carbons (Fsp3) is 0.926. The van der Waals surface area contributed by atoms with E-state index in [4.69, 9.17) is 0 Å². The van der Waals surface area contributed by atoms with Crippen LogP contribution in [0.5, 0.6) is 0 Å². The van der Waals surface area contributed by atoms with Crippen molar-refractivity contribution in [3.05, 3.63) is 11.6 Å². The highest BCUT2D eigenvalue weighted by molar-refractivity contribution is 5.28. The van der Waals surface area contributed by atoms with Crippen molar-refractivity contribution in [2.24, 2.45) is 40.4 Å². The standard InChI is InChI=1S/C27H43F3O2/c1-17(10-12-23(2,3)31)20-8-9-21-19-7-6-18-16-26(32,27(28,29)30)15-14-24(18,4)22(19)11-13-25(20,21)5/h6,17,19-22,31-32H,7-16H2,1-5H3/t17-,19-,20-,21-,22-,24-,25+,26-/m0/s1. The highest BCUT2D eigenvalue weighted by Crippen LogP contribution is 2.68. The van der Waals surface area contributed by atoms with E-state index < -0.39 is 17.4 Å². The summed E-state index contributed by atoms with van der Waals surface area (Å²) in [6.07, 6.45) is 4.99. The summed E-state index contributed by atoms with van der Waals surface area (Å²) in [7, 11) is 0. The zero-order chi connectivity index (χ0) is 23.7. The van der Waals surface area contributed by atoms with Crippen molar-refractivity contribution < 1.29 is 23.4 Å². The van der Waals surface area contributed by atoms with Gasteiger partial charge in [0, 0.05) is 6.42 Å². The van der Waals surface area contributed by atoms with Crippen LogP contribution in [0, 0.1) is 40.4 Å². The highest BCUT2D eigenvalue weighted by atomic mass is 19.4. The van der Waals surface area contributed by atoms with Gasteiger partial charge >= 0.3 is 6.18 Å². The molecule has 8 atom stereocenters. The average Bonchev–Trinajstić information content (AvgIpc) is 3.02. The second-order valence-corrected chi connectivity index (χ2v) is 13.0. The largest absolute Gasteiger partial charge is 0.417 e. The molecule has 0 spiro atoms. The van der Waals surface area contributed by atoms with E-state index in [1.807, 2.05) is 13.8 Å². The quantitative estimate of drug-likeness (QED) is 0.445. The maximum atomic E-state index is 13.5. The Bertz CT molecular complexity index is 753. The fourth-order valence-corrected chi connectivity index (χ4v) is 8.65. The van der Waals surface area contributed by atoms with Crippen molar-refractivity contribution in [3.8, 4) is 0 Å². The fourth-order valence-electron chi connectivity index (χ4n) is 8.65. The number of alkyl halides is 3. The van der Waals surface area contributed by atoms with E-state index in [1.165, 1.54) is 12.8 Å². The summed E-state index contributed by atoms with van der Waals surface area (Å²) in [5.74, 6) is 2.86. The van der Waals surface area contributed by atoms with Gasteiger partial charge in [-0.3, -0.25) is 0 Å². The third-order valence-corrected chi connectivity index (χ3v) is 10.7. The molecule has 4 aliphatic rings. The van der Waals surface area contributed by atoms with Crippen molar-refractivity contribution in [1.29, 1.82) is 0 Å². The van der Waals surface area contributed by atoms with Gasteiger partial charge in [0.05, 0.1) is 5.60 Å². The molecule has 0 saturated heterocycles. The van der Waals surface area contributed by atoms with Gasteiger partial charge in [0.15, 0.2) is 5.60 Å². The molecule has 3 saturated carbocycles. The Hall–Kier alpha value is -0.550. The van der Waals surface area contributed by atoms with Crippen molar-refractivity contribution in [3.63, 3.8) is 0 Å². The SMILES string of the molecule is C[C@@H](CCC(C)(C)O)[C@@H]1CC[C@H]2[C@@H]3CC=C4C[C@](O)(C(F)(F)F)CC[C@]4(C)[C@H]3CC[C@@]21C. The van der Waals surface area contributed by atoms with Crippen molar-refractivity contribution in [2.45, 2.75) is 116 Å². The first-order valence-corrected chi connectivity index (χ1v) is 12.8. The first-order chi connectivity index (χ1) is 14.6. The lowest BCUT2D eigenvalue weighted by Crippen LogP contribution is -2.55. The van der Waals surface area contributed by atoms with Gasteiger partial charge in [0.1, 0.15) is 0 Å². The molecule has 3 fully saturated rings. The number of allylic oxidation sites excluding steroid dienone is 1. The Balaban J connectivity index is 1.53. The Kier molecular flexibility index (Phi) is 5.94. The zero-order valence-corrected chi connectivity index (χ0v) is 20.6. The molecule has 2 nitrogen and oxygen atoms in total. The lowest BCUT2D eigenvalue weighted by atomic mass is 9.46. The molecule has 184 valence electrons. The number of hydrogen-bond acceptors (Lipinski definition) is 2. The van der Waals surface area contributed by atoms with Crippen LogP contribution in [0.2, 0.25) is 0 Å². The minimum absolute atomic E-state index is 0.175. The molecule has 0 aromatic carbocycles. The summed E-state index contributed by atoms with van der Waals surface area (Å²) in [4.78, 5) is 0. The molecule has 4 aliphatic carbocycles. The molecule has 0 amide bonds. The summed E-state index contributed by atoms with van der Waals surface area (Å²) >= 11 is 0. The van der Waals surface area contributed by atoms with Gasteiger partial charge in [0.2, 0.25) is 0 Å². The minimum Gasteiger partial charge on any atom is -0.390 e. The monoisotopic (exact) mass is 456 g/mol. The number of aliphatic hydroxyl groups is 2. The van der Waals surface area contributed by atoms with E-state index in [0.29, 0.717) is 41.4 Å². The van der Waals surface area contributed by atoms with E-state index >= 15 is 0 Å². The second kappa shape index (κ2) is 7.73. The predicted octanol–water partition coefficient (Wildman–Crippen LogP) is 7.05. The van der Waals surface area contributed by atoms with E-state index in [1.54, 1.807) is 0 Å². The molecule has 0 aliphatic heterocycles. The first kappa shape index (κ1) is 24.6. The third-order valence-electron chi connectivity index (χ3n) is 10.7. The summed E-state index contributed by atoms with van der Waals surface area (Å²) < 4.78 is 40.6. The van der Waals surface area contributed by atoms with Crippen LogP contribution in [0.1, 0.15) is 98.8 Å². The van der Waals surface area contributed by atoms with E-state index in [0.717, 1.165) is 37.7 Å². The van der Waals surface area contributed by atoms with Gasteiger partial charge in [-0.05, 0) is 112 Å². The van der Waals surface area contributed by atoms with E-state index in [-0.39, 0.29) is 18.3 Å². The molecule has 2 N–H and O–H groups in total. The van der Waals surface area contributed by atoms with Crippen LogP contribution >= 0.6 is 0 Å². The number of halogens is 3. The molecule has 5 heteroatoms. The average molecular weight is 457 g/mol. The summed E-state index contributed by atoms with van der Waals surface area (Å²) in [5, 5.41) is 20.6. The van der Waals surface area contributed by atoms with Gasteiger partial charge < -0.3 is 10.2 Å². The van der Waals surface area contributed by atoms with Crippen LogP contribution in [-0.4, -0.2) is 27.6 Å². The van der Waals surface area contributed by atoms with Crippen LogP contribution in [0.4, 0.5) is 13.2 Å². The molecule has 4 rings (SSSR count). The zero-order valence-electron chi connectivity index (χ0n) is 20.6. The van der Waals surface area contributed by atoms with Crippen LogP contribution in [0.3, 0.4) is 0 Å². The van der Waals surface area contributed by atoms with Gasteiger partial charge in [-0.25, -0.2) is 0 Å². The van der Waals surface area contributed by atoms with Crippen LogP contribution in [0.15, 0.2) is 11.6 Å². The predicted molar refractivity (Wildman–Crippen MR) is 121 cm³/mol. The molecular weight excluding hydrogens is 413 g/mol. The molecular formula is C27H43F3O2. The highest BCUT2D eigenvalue weighted by Gasteiger charge is 2.63.